The van der Waals surface area contributed by atoms with Gasteiger partial charge in [0.05, 0.1) is 0 Å². The van der Waals surface area contributed by atoms with E-state index < -0.39 is 6.04 Å². The average Bonchev–Trinajstić information content (AvgIpc) is 2.76. The first-order valence-electron chi connectivity index (χ1n) is 13.0. The van der Waals surface area contributed by atoms with Crippen LogP contribution in [0.3, 0.4) is 0 Å². The van der Waals surface area contributed by atoms with E-state index >= 15 is 0 Å². The van der Waals surface area contributed by atoms with E-state index in [1.807, 2.05) is 26.0 Å². The van der Waals surface area contributed by atoms with Gasteiger partial charge in [0.1, 0.15) is 6.04 Å². The van der Waals surface area contributed by atoms with E-state index in [0.717, 1.165) is 33.6 Å². The molecule has 0 aliphatic rings. The highest BCUT2D eigenvalue weighted by molar-refractivity contribution is 6.00. The Labute approximate surface area is 212 Å². The maximum absolute atomic E-state index is 13.5. The number of amides is 3. The van der Waals surface area contributed by atoms with Crippen LogP contribution in [0.4, 0.5) is 16.2 Å². The van der Waals surface area contributed by atoms with Crippen molar-refractivity contribution in [3.8, 4) is 0 Å². The molecule has 0 saturated carbocycles. The molecule has 0 heterocycles. The molecule has 1 unspecified atom stereocenters. The molecule has 2 rings (SSSR count). The second kappa shape index (κ2) is 12.2. The molecule has 192 valence electrons. The molecule has 0 aliphatic heterocycles. The van der Waals surface area contributed by atoms with Gasteiger partial charge in [0.2, 0.25) is 5.91 Å². The fraction of sp³-hybridized carbons (Fsp3) is 0.533. The maximum atomic E-state index is 13.5. The van der Waals surface area contributed by atoms with E-state index in [4.69, 9.17) is 0 Å². The molecule has 1 atom stereocenters. The Kier molecular flexibility index (Phi) is 9.93. The van der Waals surface area contributed by atoms with Crippen molar-refractivity contribution in [1.82, 2.24) is 5.32 Å². The molecule has 0 aliphatic carbocycles. The molecule has 0 saturated heterocycles. The Morgan fingerprint density at radius 1 is 0.571 bits per heavy atom. The van der Waals surface area contributed by atoms with Gasteiger partial charge in [0.15, 0.2) is 0 Å². The Morgan fingerprint density at radius 3 is 1.23 bits per heavy atom. The van der Waals surface area contributed by atoms with Gasteiger partial charge in [-0.15, -0.1) is 0 Å². The van der Waals surface area contributed by atoms with Gasteiger partial charge < -0.3 is 16.0 Å². The van der Waals surface area contributed by atoms with Crippen LogP contribution < -0.4 is 16.0 Å². The summed E-state index contributed by atoms with van der Waals surface area (Å²) in [6, 6.07) is 11.3. The number of para-hydroxylation sites is 2. The highest BCUT2D eigenvalue weighted by atomic mass is 16.2. The van der Waals surface area contributed by atoms with Gasteiger partial charge in [0.25, 0.3) is 0 Å². The monoisotopic (exact) mass is 479 g/mol. The van der Waals surface area contributed by atoms with E-state index in [1.54, 1.807) is 0 Å². The molecule has 5 nitrogen and oxygen atoms in total. The molecule has 2 aromatic rings. The quantitative estimate of drug-likeness (QED) is 0.341. The summed E-state index contributed by atoms with van der Waals surface area (Å²) in [7, 11) is 0. The van der Waals surface area contributed by atoms with E-state index in [0.29, 0.717) is 0 Å². The summed E-state index contributed by atoms with van der Waals surface area (Å²) in [4.78, 5) is 26.7. The predicted molar refractivity (Wildman–Crippen MR) is 149 cm³/mol. The average molecular weight is 480 g/mol. The van der Waals surface area contributed by atoms with Crippen LogP contribution in [-0.2, 0) is 4.79 Å². The fourth-order valence-corrected chi connectivity index (χ4v) is 4.42. The fourth-order valence-electron chi connectivity index (χ4n) is 4.42. The minimum atomic E-state index is -0.677. The van der Waals surface area contributed by atoms with Crippen molar-refractivity contribution in [2.75, 3.05) is 10.6 Å². The van der Waals surface area contributed by atoms with Gasteiger partial charge >= 0.3 is 6.03 Å². The summed E-state index contributed by atoms with van der Waals surface area (Å²) in [5.74, 6) is 0.760. The van der Waals surface area contributed by atoms with E-state index in [-0.39, 0.29) is 41.5 Å². The highest BCUT2D eigenvalue weighted by Gasteiger charge is 2.27. The van der Waals surface area contributed by atoms with Crippen molar-refractivity contribution in [3.05, 3.63) is 58.7 Å². The van der Waals surface area contributed by atoms with Crippen LogP contribution >= 0.6 is 0 Å². The number of urea groups is 1. The molecule has 3 N–H and O–H groups in total. The summed E-state index contributed by atoms with van der Waals surface area (Å²) in [5.41, 5.74) is 6.08. The van der Waals surface area contributed by atoms with Gasteiger partial charge in [-0.3, -0.25) is 4.79 Å². The zero-order valence-electron chi connectivity index (χ0n) is 23.2. The first-order chi connectivity index (χ1) is 16.3. The zero-order chi connectivity index (χ0) is 26.4. The molecule has 0 bridgehead atoms. The SMILES string of the molecule is CC(C)c1cccc(C(C)C)c1NC(=O)NC(C(=O)Nc1c(C(C)C)cccc1C(C)C)C(C)C. The van der Waals surface area contributed by atoms with Crippen LogP contribution in [0.2, 0.25) is 0 Å². The predicted octanol–water partition coefficient (Wildman–Crippen LogP) is 7.97. The smallest absolute Gasteiger partial charge is 0.319 e. The van der Waals surface area contributed by atoms with E-state index in [1.165, 1.54) is 0 Å². The van der Waals surface area contributed by atoms with Crippen LogP contribution in [0.25, 0.3) is 0 Å². The second-order valence-corrected chi connectivity index (χ2v) is 11.1. The van der Waals surface area contributed by atoms with Crippen molar-refractivity contribution in [1.29, 1.82) is 0 Å². The lowest BCUT2D eigenvalue weighted by Crippen LogP contribution is -2.49. The third-order valence-corrected chi connectivity index (χ3v) is 6.47. The van der Waals surface area contributed by atoms with Crippen LogP contribution in [0, 0.1) is 5.92 Å². The largest absolute Gasteiger partial charge is 0.326 e. The summed E-state index contributed by atoms with van der Waals surface area (Å²) in [6.45, 7) is 20.9. The normalized spacial score (nSPS) is 12.5. The van der Waals surface area contributed by atoms with E-state index in [9.17, 15) is 9.59 Å². The number of hydrogen-bond donors (Lipinski definition) is 3. The third kappa shape index (κ3) is 7.09. The summed E-state index contributed by atoms with van der Waals surface area (Å²) >= 11 is 0. The number of anilines is 2. The Balaban J connectivity index is 2.32. The molecular weight excluding hydrogens is 434 g/mol. The summed E-state index contributed by atoms with van der Waals surface area (Å²) in [5, 5.41) is 9.20. The van der Waals surface area contributed by atoms with Crippen LogP contribution in [0.1, 0.15) is 115 Å². The molecule has 0 aromatic heterocycles. The number of rotatable bonds is 9. The molecular formula is C30H45N3O2. The van der Waals surface area contributed by atoms with E-state index in [2.05, 4.69) is 95.6 Å². The minimum absolute atomic E-state index is 0.0839. The van der Waals surface area contributed by atoms with Gasteiger partial charge in [-0.1, -0.05) is 106 Å². The second-order valence-electron chi connectivity index (χ2n) is 11.1. The zero-order valence-corrected chi connectivity index (χ0v) is 23.2. The van der Waals surface area contributed by atoms with Crippen LogP contribution in [0.15, 0.2) is 36.4 Å². The molecule has 3 amide bonds. The summed E-state index contributed by atoms with van der Waals surface area (Å²) in [6.07, 6.45) is 0. The van der Waals surface area contributed by atoms with Crippen LogP contribution in [0.5, 0.6) is 0 Å². The number of carbonyl (C=O) groups excluding carboxylic acids is 2. The first kappa shape index (κ1) is 28.4. The minimum Gasteiger partial charge on any atom is -0.326 e. The van der Waals surface area contributed by atoms with Crippen molar-refractivity contribution in [2.45, 2.75) is 99.0 Å². The maximum Gasteiger partial charge on any atom is 0.319 e. The summed E-state index contributed by atoms with van der Waals surface area (Å²) < 4.78 is 0. The number of benzene rings is 2. The Hall–Kier alpha value is -2.82. The lowest BCUT2D eigenvalue weighted by molar-refractivity contribution is -0.118. The van der Waals surface area contributed by atoms with Crippen molar-refractivity contribution in [3.63, 3.8) is 0 Å². The molecule has 0 radical (unpaired) electrons. The highest BCUT2D eigenvalue weighted by Crippen LogP contribution is 2.34. The standard InChI is InChI=1S/C30H45N3O2/c1-17(2)22-13-11-14-23(18(3)4)27(22)31-29(34)26(21(9)10)32-30(35)33-28-24(19(5)6)15-12-16-25(28)20(7)8/h11-21,26H,1-10H3,(H,31,34)(H2,32,33,35). The lowest BCUT2D eigenvalue weighted by Gasteiger charge is -2.26. The van der Waals surface area contributed by atoms with Crippen molar-refractivity contribution >= 4 is 23.3 Å². The molecule has 0 spiro atoms. The van der Waals surface area contributed by atoms with Crippen LogP contribution in [-0.4, -0.2) is 18.0 Å². The number of hydrogen-bond acceptors (Lipinski definition) is 2. The molecule has 35 heavy (non-hydrogen) atoms. The van der Waals surface area contributed by atoms with Gasteiger partial charge in [-0.05, 0) is 51.8 Å². The molecule has 0 fully saturated rings. The number of carbonyl (C=O) groups is 2. The van der Waals surface area contributed by atoms with Crippen molar-refractivity contribution in [2.24, 2.45) is 5.92 Å². The first-order valence-corrected chi connectivity index (χ1v) is 13.0. The van der Waals surface area contributed by atoms with Crippen molar-refractivity contribution < 1.29 is 9.59 Å². The Bertz CT molecular complexity index is 970. The Morgan fingerprint density at radius 2 is 0.914 bits per heavy atom. The van der Waals surface area contributed by atoms with Gasteiger partial charge in [0, 0.05) is 11.4 Å². The lowest BCUT2D eigenvalue weighted by atomic mass is 9.92. The third-order valence-electron chi connectivity index (χ3n) is 6.47. The molecule has 2 aromatic carbocycles. The van der Waals surface area contributed by atoms with Gasteiger partial charge in [-0.25, -0.2) is 4.79 Å². The molecule has 5 heteroatoms. The topological polar surface area (TPSA) is 70.2 Å². The van der Waals surface area contributed by atoms with Gasteiger partial charge in [-0.2, -0.15) is 0 Å². The number of nitrogens with one attached hydrogen (secondary N) is 3.